The standard InChI is InChI=1S/C28H40O3/c1-4-7-9-10-11-12-22-14-16-23(17-15-22)24-18-20-25(21-19-24)28(30)31-27(13-8-5-2)26(29)6-3/h3,18-23,27H,4-5,7-17H2,1-2H3. The van der Waals surface area contributed by atoms with Gasteiger partial charge in [0, 0.05) is 0 Å². The number of ketones is 1. The fourth-order valence-corrected chi connectivity index (χ4v) is 4.64. The number of esters is 1. The SMILES string of the molecule is C#CC(=O)C(CCCC)OC(=O)c1ccc(C2CCC(CCCCCCC)CC2)cc1. The molecular weight excluding hydrogens is 384 g/mol. The van der Waals surface area contributed by atoms with Gasteiger partial charge in [-0.05, 0) is 74.0 Å². The topological polar surface area (TPSA) is 43.4 Å². The summed E-state index contributed by atoms with van der Waals surface area (Å²) in [5.74, 6) is 2.64. The van der Waals surface area contributed by atoms with Gasteiger partial charge in [-0.1, -0.05) is 70.9 Å². The highest BCUT2D eigenvalue weighted by molar-refractivity contribution is 6.00. The molecule has 0 radical (unpaired) electrons. The van der Waals surface area contributed by atoms with Gasteiger partial charge in [-0.15, -0.1) is 6.42 Å². The minimum absolute atomic E-state index is 0.458. The Labute approximate surface area is 189 Å². The highest BCUT2D eigenvalue weighted by atomic mass is 16.5. The Balaban J connectivity index is 1.81. The zero-order valence-electron chi connectivity index (χ0n) is 19.5. The molecule has 1 aromatic rings. The maximum Gasteiger partial charge on any atom is 0.338 e. The molecule has 1 unspecified atom stereocenters. The van der Waals surface area contributed by atoms with Crippen LogP contribution in [0.5, 0.6) is 0 Å². The van der Waals surface area contributed by atoms with Crippen LogP contribution in [0.2, 0.25) is 0 Å². The predicted molar refractivity (Wildman–Crippen MR) is 127 cm³/mol. The van der Waals surface area contributed by atoms with E-state index >= 15 is 0 Å². The molecule has 0 spiro atoms. The van der Waals surface area contributed by atoms with E-state index in [0.29, 0.717) is 17.9 Å². The predicted octanol–water partition coefficient (Wildman–Crippen LogP) is 7.24. The first kappa shape index (κ1) is 25.2. The molecule has 1 atom stereocenters. The fourth-order valence-electron chi connectivity index (χ4n) is 4.64. The maximum atomic E-state index is 12.5. The van der Waals surface area contributed by atoms with Crippen molar-refractivity contribution in [2.75, 3.05) is 0 Å². The number of rotatable bonds is 13. The first-order valence-electron chi connectivity index (χ1n) is 12.4. The quantitative estimate of drug-likeness (QED) is 0.145. The van der Waals surface area contributed by atoms with Gasteiger partial charge in [0.1, 0.15) is 0 Å². The Morgan fingerprint density at radius 3 is 2.23 bits per heavy atom. The van der Waals surface area contributed by atoms with Gasteiger partial charge in [0.2, 0.25) is 5.78 Å². The summed E-state index contributed by atoms with van der Waals surface area (Å²) in [7, 11) is 0. The highest BCUT2D eigenvalue weighted by Crippen LogP contribution is 2.37. The van der Waals surface area contributed by atoms with Gasteiger partial charge in [-0.25, -0.2) is 4.79 Å². The van der Waals surface area contributed by atoms with Crippen molar-refractivity contribution < 1.29 is 14.3 Å². The normalized spacial score (nSPS) is 19.4. The second-order valence-electron chi connectivity index (χ2n) is 9.09. The smallest absolute Gasteiger partial charge is 0.338 e. The van der Waals surface area contributed by atoms with E-state index in [1.165, 1.54) is 69.8 Å². The summed E-state index contributed by atoms with van der Waals surface area (Å²) in [6.45, 7) is 4.29. The van der Waals surface area contributed by atoms with E-state index in [-0.39, 0.29) is 0 Å². The molecule has 0 aromatic heterocycles. The molecule has 1 fully saturated rings. The molecule has 3 heteroatoms. The lowest BCUT2D eigenvalue weighted by atomic mass is 9.77. The highest BCUT2D eigenvalue weighted by Gasteiger charge is 2.24. The van der Waals surface area contributed by atoms with Crippen molar-refractivity contribution in [1.29, 1.82) is 0 Å². The second-order valence-corrected chi connectivity index (χ2v) is 9.09. The third-order valence-corrected chi connectivity index (χ3v) is 6.68. The van der Waals surface area contributed by atoms with Crippen molar-refractivity contribution in [3.8, 4) is 12.3 Å². The summed E-state index contributed by atoms with van der Waals surface area (Å²) < 4.78 is 5.42. The summed E-state index contributed by atoms with van der Waals surface area (Å²) in [4.78, 5) is 24.4. The maximum absolute atomic E-state index is 12.5. The summed E-state index contributed by atoms with van der Waals surface area (Å²) >= 11 is 0. The fraction of sp³-hybridized carbons (Fsp3) is 0.643. The first-order valence-corrected chi connectivity index (χ1v) is 12.4. The van der Waals surface area contributed by atoms with E-state index < -0.39 is 17.9 Å². The number of hydrogen-bond acceptors (Lipinski definition) is 3. The minimum Gasteiger partial charge on any atom is -0.450 e. The third kappa shape index (κ3) is 8.52. The van der Waals surface area contributed by atoms with Crippen LogP contribution < -0.4 is 0 Å². The Morgan fingerprint density at radius 1 is 0.968 bits per heavy atom. The number of unbranched alkanes of at least 4 members (excludes halogenated alkanes) is 5. The molecule has 0 bridgehead atoms. The number of Topliss-reactive ketones (excluding diaryl/α,β-unsaturated/α-hetero) is 1. The van der Waals surface area contributed by atoms with Gasteiger partial charge in [-0.3, -0.25) is 4.79 Å². The molecular formula is C28H40O3. The molecule has 1 aromatic carbocycles. The van der Waals surface area contributed by atoms with E-state index in [9.17, 15) is 9.59 Å². The molecule has 3 nitrogen and oxygen atoms in total. The monoisotopic (exact) mass is 424 g/mol. The summed E-state index contributed by atoms with van der Waals surface area (Å²) in [5, 5.41) is 0. The lowest BCUT2D eigenvalue weighted by molar-refractivity contribution is -0.122. The Bertz CT molecular complexity index is 705. The molecule has 1 aliphatic rings. The molecule has 0 N–H and O–H groups in total. The molecule has 170 valence electrons. The molecule has 0 amide bonds. The van der Waals surface area contributed by atoms with Crippen LogP contribution in [0.3, 0.4) is 0 Å². The Kier molecular flexibility index (Phi) is 11.4. The first-order chi connectivity index (χ1) is 15.1. The lowest BCUT2D eigenvalue weighted by Crippen LogP contribution is -2.26. The molecule has 2 rings (SSSR count). The molecule has 1 saturated carbocycles. The van der Waals surface area contributed by atoms with Gasteiger partial charge in [0.05, 0.1) is 5.56 Å². The van der Waals surface area contributed by atoms with Crippen molar-refractivity contribution in [2.24, 2.45) is 5.92 Å². The van der Waals surface area contributed by atoms with E-state index in [0.717, 1.165) is 18.8 Å². The Morgan fingerprint density at radius 2 is 1.61 bits per heavy atom. The van der Waals surface area contributed by atoms with E-state index in [4.69, 9.17) is 11.2 Å². The van der Waals surface area contributed by atoms with Crippen LogP contribution in [-0.2, 0) is 9.53 Å². The number of benzene rings is 1. The van der Waals surface area contributed by atoms with Crippen LogP contribution >= 0.6 is 0 Å². The van der Waals surface area contributed by atoms with Gasteiger partial charge >= 0.3 is 5.97 Å². The second kappa shape index (κ2) is 14.1. The van der Waals surface area contributed by atoms with Gasteiger partial charge in [0.25, 0.3) is 0 Å². The number of carbonyl (C=O) groups excluding carboxylic acids is 2. The van der Waals surface area contributed by atoms with Crippen LogP contribution in [0.1, 0.15) is 119 Å². The average Bonchev–Trinajstić information content (AvgIpc) is 2.81. The summed E-state index contributed by atoms with van der Waals surface area (Å²) in [6, 6.07) is 7.76. The van der Waals surface area contributed by atoms with Crippen molar-refractivity contribution in [2.45, 2.75) is 109 Å². The van der Waals surface area contributed by atoms with Crippen molar-refractivity contribution in [3.63, 3.8) is 0 Å². The largest absolute Gasteiger partial charge is 0.450 e. The van der Waals surface area contributed by atoms with Crippen molar-refractivity contribution in [1.82, 2.24) is 0 Å². The number of carbonyl (C=O) groups is 2. The van der Waals surface area contributed by atoms with Gasteiger partial charge in [0.15, 0.2) is 6.10 Å². The molecule has 0 saturated heterocycles. The summed E-state index contributed by atoms with van der Waals surface area (Å²) in [6.07, 6.45) is 19.9. The lowest BCUT2D eigenvalue weighted by Gasteiger charge is -2.29. The van der Waals surface area contributed by atoms with Crippen molar-refractivity contribution in [3.05, 3.63) is 35.4 Å². The average molecular weight is 425 g/mol. The van der Waals surface area contributed by atoms with Crippen LogP contribution in [-0.4, -0.2) is 17.9 Å². The van der Waals surface area contributed by atoms with E-state index in [2.05, 4.69) is 25.0 Å². The van der Waals surface area contributed by atoms with Crippen molar-refractivity contribution >= 4 is 11.8 Å². The van der Waals surface area contributed by atoms with Crippen LogP contribution in [0, 0.1) is 18.3 Å². The van der Waals surface area contributed by atoms with Gasteiger partial charge in [-0.2, -0.15) is 0 Å². The molecule has 0 heterocycles. The number of terminal acetylenes is 1. The van der Waals surface area contributed by atoms with Crippen LogP contribution in [0.25, 0.3) is 0 Å². The molecule has 31 heavy (non-hydrogen) atoms. The number of hydrogen-bond donors (Lipinski definition) is 0. The third-order valence-electron chi connectivity index (χ3n) is 6.68. The number of ether oxygens (including phenoxy) is 1. The van der Waals surface area contributed by atoms with E-state index in [1.807, 2.05) is 19.1 Å². The van der Waals surface area contributed by atoms with E-state index in [1.54, 1.807) is 0 Å². The zero-order valence-corrected chi connectivity index (χ0v) is 19.5. The van der Waals surface area contributed by atoms with Crippen LogP contribution in [0.4, 0.5) is 0 Å². The Hall–Kier alpha value is -2.08. The van der Waals surface area contributed by atoms with Gasteiger partial charge < -0.3 is 4.74 Å². The zero-order chi connectivity index (χ0) is 22.5. The van der Waals surface area contributed by atoms with Crippen LogP contribution in [0.15, 0.2) is 24.3 Å². The minimum atomic E-state index is -0.839. The summed E-state index contributed by atoms with van der Waals surface area (Å²) in [5.41, 5.74) is 1.79. The molecule has 1 aliphatic carbocycles. The molecule has 0 aliphatic heterocycles.